The highest BCUT2D eigenvalue weighted by Crippen LogP contribution is 2.24. The molecule has 0 saturated heterocycles. The zero-order valence-electron chi connectivity index (χ0n) is 10.3. The molecule has 0 spiro atoms. The molecule has 0 atom stereocenters. The minimum Gasteiger partial charge on any atom is -0.397 e. The molecule has 88 valence electrons. The zero-order chi connectivity index (χ0) is 12.3. The summed E-state index contributed by atoms with van der Waals surface area (Å²) in [5, 5.41) is 3.39. The summed E-state index contributed by atoms with van der Waals surface area (Å²) < 4.78 is 0. The third-order valence-corrected chi connectivity index (χ3v) is 2.86. The summed E-state index contributed by atoms with van der Waals surface area (Å²) in [4.78, 5) is 0. The molecule has 0 radical (unpaired) electrons. The van der Waals surface area contributed by atoms with Crippen molar-refractivity contribution >= 4 is 11.4 Å². The van der Waals surface area contributed by atoms with Crippen LogP contribution in [0.25, 0.3) is 0 Å². The quantitative estimate of drug-likeness (QED) is 0.786. The molecule has 0 aliphatic carbocycles. The first-order valence-electron chi connectivity index (χ1n) is 5.81. The van der Waals surface area contributed by atoms with E-state index in [1.165, 1.54) is 11.1 Å². The summed E-state index contributed by atoms with van der Waals surface area (Å²) in [7, 11) is 0. The van der Waals surface area contributed by atoms with E-state index in [1.807, 2.05) is 25.1 Å². The molecule has 0 aliphatic heterocycles. The van der Waals surface area contributed by atoms with Crippen molar-refractivity contribution in [2.75, 3.05) is 11.1 Å². The third kappa shape index (κ3) is 2.78. The normalized spacial score (nSPS) is 10.2. The van der Waals surface area contributed by atoms with E-state index in [2.05, 4.69) is 36.5 Å². The van der Waals surface area contributed by atoms with Crippen molar-refractivity contribution in [2.45, 2.75) is 20.4 Å². The average Bonchev–Trinajstić information content (AvgIpc) is 2.33. The van der Waals surface area contributed by atoms with E-state index in [4.69, 9.17) is 5.73 Å². The van der Waals surface area contributed by atoms with E-state index in [0.717, 1.165) is 23.5 Å². The summed E-state index contributed by atoms with van der Waals surface area (Å²) in [6.07, 6.45) is 0. The summed E-state index contributed by atoms with van der Waals surface area (Å²) in [5.74, 6) is 0. The highest BCUT2D eigenvalue weighted by atomic mass is 14.9. The van der Waals surface area contributed by atoms with Gasteiger partial charge in [0.1, 0.15) is 0 Å². The second kappa shape index (κ2) is 4.91. The van der Waals surface area contributed by atoms with Crippen LogP contribution in [0.15, 0.2) is 42.5 Å². The fourth-order valence-electron chi connectivity index (χ4n) is 1.92. The number of nitrogens with two attached hydrogens (primary N) is 1. The Labute approximate surface area is 102 Å². The second-order valence-electron chi connectivity index (χ2n) is 4.38. The number of nitrogens with one attached hydrogen (secondary N) is 1. The molecule has 0 amide bonds. The molecule has 0 saturated carbocycles. The van der Waals surface area contributed by atoms with Crippen LogP contribution in [0.4, 0.5) is 11.4 Å². The number of hydrogen-bond acceptors (Lipinski definition) is 2. The van der Waals surface area contributed by atoms with Crippen molar-refractivity contribution in [1.29, 1.82) is 0 Å². The zero-order valence-corrected chi connectivity index (χ0v) is 10.3. The van der Waals surface area contributed by atoms with E-state index < -0.39 is 0 Å². The Morgan fingerprint density at radius 3 is 2.47 bits per heavy atom. The minimum atomic E-state index is 0.800. The average molecular weight is 226 g/mol. The predicted octanol–water partition coefficient (Wildman–Crippen LogP) is 3.50. The Balaban J connectivity index is 2.14. The van der Waals surface area contributed by atoms with Crippen LogP contribution in [0.2, 0.25) is 0 Å². The van der Waals surface area contributed by atoms with Gasteiger partial charge >= 0.3 is 0 Å². The monoisotopic (exact) mass is 226 g/mol. The van der Waals surface area contributed by atoms with Crippen LogP contribution in [0.5, 0.6) is 0 Å². The molecule has 3 N–H and O–H groups in total. The SMILES string of the molecule is Cc1cc(C)c(N)c(NCc2ccccc2)c1. The number of aryl methyl sites for hydroxylation is 2. The van der Waals surface area contributed by atoms with E-state index in [9.17, 15) is 0 Å². The van der Waals surface area contributed by atoms with Gasteiger partial charge in [-0.3, -0.25) is 0 Å². The van der Waals surface area contributed by atoms with E-state index in [1.54, 1.807) is 0 Å². The minimum absolute atomic E-state index is 0.800. The molecule has 2 aromatic carbocycles. The van der Waals surface area contributed by atoms with Crippen LogP contribution < -0.4 is 11.1 Å². The Morgan fingerprint density at radius 2 is 1.76 bits per heavy atom. The number of nitrogen functional groups attached to an aromatic ring is 1. The van der Waals surface area contributed by atoms with Crippen LogP contribution in [-0.4, -0.2) is 0 Å². The lowest BCUT2D eigenvalue weighted by Crippen LogP contribution is -2.04. The first-order chi connectivity index (χ1) is 8.16. The van der Waals surface area contributed by atoms with E-state index >= 15 is 0 Å². The lowest BCUT2D eigenvalue weighted by atomic mass is 10.1. The van der Waals surface area contributed by atoms with Gasteiger partial charge in [0, 0.05) is 6.54 Å². The molecular formula is C15H18N2. The van der Waals surface area contributed by atoms with E-state index in [0.29, 0.717) is 0 Å². The molecule has 0 aliphatic rings. The molecule has 2 rings (SSSR count). The second-order valence-corrected chi connectivity index (χ2v) is 4.38. The molecule has 2 nitrogen and oxygen atoms in total. The number of rotatable bonds is 3. The standard InChI is InChI=1S/C15H18N2/c1-11-8-12(2)15(16)14(9-11)17-10-13-6-4-3-5-7-13/h3-9,17H,10,16H2,1-2H3. The van der Waals surface area contributed by atoms with Gasteiger partial charge in [-0.05, 0) is 36.6 Å². The largest absolute Gasteiger partial charge is 0.397 e. The van der Waals surface area contributed by atoms with Crippen molar-refractivity contribution in [3.05, 3.63) is 59.2 Å². The molecule has 0 fully saturated rings. The molecule has 0 aromatic heterocycles. The summed E-state index contributed by atoms with van der Waals surface area (Å²) in [5.41, 5.74) is 11.5. The fourth-order valence-corrected chi connectivity index (χ4v) is 1.92. The highest BCUT2D eigenvalue weighted by Gasteiger charge is 2.03. The highest BCUT2D eigenvalue weighted by molar-refractivity contribution is 5.70. The lowest BCUT2D eigenvalue weighted by Gasteiger charge is -2.12. The topological polar surface area (TPSA) is 38.0 Å². The van der Waals surface area contributed by atoms with Gasteiger partial charge in [-0.15, -0.1) is 0 Å². The maximum Gasteiger partial charge on any atom is 0.0581 e. The maximum atomic E-state index is 6.05. The molecule has 0 heterocycles. The van der Waals surface area contributed by atoms with Gasteiger partial charge in [0.2, 0.25) is 0 Å². The molecule has 0 unspecified atom stereocenters. The Bertz CT molecular complexity index is 504. The van der Waals surface area contributed by atoms with Crippen LogP contribution in [0.1, 0.15) is 16.7 Å². The number of benzene rings is 2. The van der Waals surface area contributed by atoms with E-state index in [-0.39, 0.29) is 0 Å². The summed E-state index contributed by atoms with van der Waals surface area (Å²) in [6.45, 7) is 4.92. The first-order valence-corrected chi connectivity index (χ1v) is 5.81. The van der Waals surface area contributed by atoms with Gasteiger partial charge in [-0.2, -0.15) is 0 Å². The molecule has 17 heavy (non-hydrogen) atoms. The predicted molar refractivity (Wildman–Crippen MR) is 74.1 cm³/mol. The summed E-state index contributed by atoms with van der Waals surface area (Å²) in [6, 6.07) is 14.5. The first kappa shape index (κ1) is 11.5. The maximum absolute atomic E-state index is 6.05. The van der Waals surface area contributed by atoms with Crippen LogP contribution in [0, 0.1) is 13.8 Å². The van der Waals surface area contributed by atoms with Gasteiger partial charge in [0.25, 0.3) is 0 Å². The van der Waals surface area contributed by atoms with Gasteiger partial charge in [0.05, 0.1) is 11.4 Å². The molecular weight excluding hydrogens is 208 g/mol. The molecule has 0 bridgehead atoms. The van der Waals surface area contributed by atoms with Crippen LogP contribution in [0.3, 0.4) is 0 Å². The smallest absolute Gasteiger partial charge is 0.0581 e. The lowest BCUT2D eigenvalue weighted by molar-refractivity contribution is 1.15. The Kier molecular flexibility index (Phi) is 3.33. The van der Waals surface area contributed by atoms with Gasteiger partial charge < -0.3 is 11.1 Å². The Morgan fingerprint density at radius 1 is 1.06 bits per heavy atom. The summed E-state index contributed by atoms with van der Waals surface area (Å²) >= 11 is 0. The van der Waals surface area contributed by atoms with Crippen molar-refractivity contribution < 1.29 is 0 Å². The van der Waals surface area contributed by atoms with Crippen LogP contribution in [-0.2, 0) is 6.54 Å². The van der Waals surface area contributed by atoms with Crippen molar-refractivity contribution in [3.63, 3.8) is 0 Å². The van der Waals surface area contributed by atoms with Crippen molar-refractivity contribution in [1.82, 2.24) is 0 Å². The van der Waals surface area contributed by atoms with Crippen molar-refractivity contribution in [2.24, 2.45) is 0 Å². The number of hydrogen-bond donors (Lipinski definition) is 2. The fraction of sp³-hybridized carbons (Fsp3) is 0.200. The molecule has 2 heteroatoms. The molecule has 2 aromatic rings. The van der Waals surface area contributed by atoms with Crippen LogP contribution >= 0.6 is 0 Å². The van der Waals surface area contributed by atoms with Gasteiger partial charge in [-0.25, -0.2) is 0 Å². The Hall–Kier alpha value is -1.96. The number of anilines is 2. The van der Waals surface area contributed by atoms with Crippen molar-refractivity contribution in [3.8, 4) is 0 Å². The third-order valence-electron chi connectivity index (χ3n) is 2.86. The van der Waals surface area contributed by atoms with Gasteiger partial charge in [0.15, 0.2) is 0 Å². The van der Waals surface area contributed by atoms with Gasteiger partial charge in [-0.1, -0.05) is 36.4 Å².